The van der Waals surface area contributed by atoms with Crippen molar-refractivity contribution in [3.63, 3.8) is 0 Å². The maximum atomic E-state index is 12.1. The number of nitriles is 1. The molecule has 2 unspecified atom stereocenters. The summed E-state index contributed by atoms with van der Waals surface area (Å²) < 4.78 is 25.8. The summed E-state index contributed by atoms with van der Waals surface area (Å²) in [7, 11) is -3.43. The van der Waals surface area contributed by atoms with Gasteiger partial charge in [-0.15, -0.1) is 0 Å². The first kappa shape index (κ1) is 15.5. The number of nitrogens with zero attached hydrogens (tertiary/aromatic N) is 2. The van der Waals surface area contributed by atoms with Gasteiger partial charge in [-0.05, 0) is 37.5 Å². The van der Waals surface area contributed by atoms with E-state index in [-0.39, 0.29) is 5.41 Å². The molecule has 1 aliphatic heterocycles. The first-order valence-electron chi connectivity index (χ1n) is 6.58. The normalized spacial score (nSPS) is 25.2. The van der Waals surface area contributed by atoms with Crippen molar-refractivity contribution in [3.05, 3.63) is 0 Å². The van der Waals surface area contributed by atoms with Gasteiger partial charge >= 0.3 is 0 Å². The SMILES string of the molecule is CC(C#N)S(=O)(=O)N1CCCC(C(C)(C)C)CC1. The molecule has 1 aliphatic rings. The minimum absolute atomic E-state index is 0.223. The average Bonchev–Trinajstić information content (AvgIpc) is 2.52. The molecule has 2 atom stereocenters. The van der Waals surface area contributed by atoms with Crippen molar-refractivity contribution in [2.45, 2.75) is 52.2 Å². The predicted octanol–water partition coefficient (Wildman–Crippen LogP) is 2.38. The number of hydrogen-bond donors (Lipinski definition) is 0. The molecule has 1 saturated heterocycles. The van der Waals surface area contributed by atoms with Crippen molar-refractivity contribution < 1.29 is 8.42 Å². The van der Waals surface area contributed by atoms with Crippen LogP contribution >= 0.6 is 0 Å². The van der Waals surface area contributed by atoms with E-state index >= 15 is 0 Å². The molecular formula is C13H24N2O2S. The van der Waals surface area contributed by atoms with E-state index in [0.717, 1.165) is 19.3 Å². The van der Waals surface area contributed by atoms with Crippen LogP contribution in [0.25, 0.3) is 0 Å². The molecule has 1 rings (SSSR count). The Morgan fingerprint density at radius 3 is 2.39 bits per heavy atom. The van der Waals surface area contributed by atoms with E-state index in [1.54, 1.807) is 0 Å². The number of rotatable bonds is 2. The first-order chi connectivity index (χ1) is 8.19. The standard InChI is InChI=1S/C13H24N2O2S/c1-11(10-14)18(16,17)15-8-5-6-12(7-9-15)13(2,3)4/h11-12H,5-9H2,1-4H3. The van der Waals surface area contributed by atoms with Gasteiger partial charge in [0.2, 0.25) is 10.0 Å². The van der Waals surface area contributed by atoms with Crippen LogP contribution in [-0.2, 0) is 10.0 Å². The Morgan fingerprint density at radius 2 is 1.89 bits per heavy atom. The summed E-state index contributed by atoms with van der Waals surface area (Å²) >= 11 is 0. The van der Waals surface area contributed by atoms with Gasteiger partial charge in [0.05, 0.1) is 6.07 Å². The quantitative estimate of drug-likeness (QED) is 0.775. The number of sulfonamides is 1. The van der Waals surface area contributed by atoms with Gasteiger partial charge in [0, 0.05) is 13.1 Å². The van der Waals surface area contributed by atoms with E-state index in [2.05, 4.69) is 20.8 Å². The lowest BCUT2D eigenvalue weighted by Gasteiger charge is -2.29. The highest BCUT2D eigenvalue weighted by atomic mass is 32.2. The van der Waals surface area contributed by atoms with Gasteiger partial charge in [-0.1, -0.05) is 20.8 Å². The zero-order valence-electron chi connectivity index (χ0n) is 11.8. The Kier molecular flexibility index (Phi) is 4.79. The molecule has 1 heterocycles. The van der Waals surface area contributed by atoms with Gasteiger partial charge in [-0.2, -0.15) is 5.26 Å². The van der Waals surface area contributed by atoms with Gasteiger partial charge in [0.25, 0.3) is 0 Å². The van der Waals surface area contributed by atoms with Gasteiger partial charge < -0.3 is 0 Å². The van der Waals surface area contributed by atoms with Gasteiger partial charge in [0.1, 0.15) is 0 Å². The van der Waals surface area contributed by atoms with E-state index in [1.165, 1.54) is 11.2 Å². The van der Waals surface area contributed by atoms with Crippen LogP contribution in [0.4, 0.5) is 0 Å². The smallest absolute Gasteiger partial charge is 0.211 e. The van der Waals surface area contributed by atoms with Crippen molar-refractivity contribution in [1.82, 2.24) is 4.31 Å². The Morgan fingerprint density at radius 1 is 1.28 bits per heavy atom. The van der Waals surface area contributed by atoms with Crippen LogP contribution in [0.2, 0.25) is 0 Å². The molecule has 1 fully saturated rings. The summed E-state index contributed by atoms with van der Waals surface area (Å²) in [6.07, 6.45) is 2.84. The van der Waals surface area contributed by atoms with Crippen LogP contribution in [0.15, 0.2) is 0 Å². The molecule has 104 valence electrons. The van der Waals surface area contributed by atoms with E-state index in [4.69, 9.17) is 5.26 Å². The highest BCUT2D eigenvalue weighted by molar-refractivity contribution is 7.89. The summed E-state index contributed by atoms with van der Waals surface area (Å²) in [6, 6.07) is 1.83. The van der Waals surface area contributed by atoms with Crippen LogP contribution in [0.5, 0.6) is 0 Å². The van der Waals surface area contributed by atoms with Crippen molar-refractivity contribution in [1.29, 1.82) is 5.26 Å². The Bertz CT molecular complexity index is 417. The molecule has 0 aromatic carbocycles. The summed E-state index contributed by atoms with van der Waals surface area (Å²) in [6.45, 7) is 9.19. The second-order valence-electron chi connectivity index (χ2n) is 6.21. The lowest BCUT2D eigenvalue weighted by atomic mass is 9.77. The third-order valence-corrected chi connectivity index (χ3v) is 5.98. The van der Waals surface area contributed by atoms with Crippen LogP contribution in [-0.4, -0.2) is 31.1 Å². The fourth-order valence-corrected chi connectivity index (χ4v) is 3.80. The van der Waals surface area contributed by atoms with Crippen molar-refractivity contribution >= 4 is 10.0 Å². The molecular weight excluding hydrogens is 248 g/mol. The lowest BCUT2D eigenvalue weighted by molar-refractivity contribution is 0.216. The third-order valence-electron chi connectivity index (χ3n) is 3.90. The monoisotopic (exact) mass is 272 g/mol. The molecule has 0 aromatic heterocycles. The Balaban J connectivity index is 2.78. The molecule has 0 bridgehead atoms. The minimum atomic E-state index is -3.43. The number of hydrogen-bond acceptors (Lipinski definition) is 3. The second-order valence-corrected chi connectivity index (χ2v) is 8.46. The molecule has 5 heteroatoms. The first-order valence-corrected chi connectivity index (χ1v) is 8.08. The van der Waals surface area contributed by atoms with Crippen LogP contribution < -0.4 is 0 Å². The predicted molar refractivity (Wildman–Crippen MR) is 72.4 cm³/mol. The van der Waals surface area contributed by atoms with Gasteiger partial charge in [0.15, 0.2) is 5.25 Å². The lowest BCUT2D eigenvalue weighted by Crippen LogP contribution is -2.38. The zero-order chi connectivity index (χ0) is 14.0. The fraction of sp³-hybridized carbons (Fsp3) is 0.923. The fourth-order valence-electron chi connectivity index (χ4n) is 2.48. The summed E-state index contributed by atoms with van der Waals surface area (Å²) in [5.74, 6) is 0.551. The van der Waals surface area contributed by atoms with E-state index < -0.39 is 15.3 Å². The van der Waals surface area contributed by atoms with Crippen molar-refractivity contribution in [3.8, 4) is 6.07 Å². The molecule has 0 aromatic rings. The van der Waals surface area contributed by atoms with Crippen molar-refractivity contribution in [2.24, 2.45) is 11.3 Å². The average molecular weight is 272 g/mol. The molecule has 0 saturated carbocycles. The van der Waals surface area contributed by atoms with Crippen LogP contribution in [0.3, 0.4) is 0 Å². The molecule has 4 nitrogen and oxygen atoms in total. The second kappa shape index (κ2) is 5.58. The maximum Gasteiger partial charge on any atom is 0.230 e. The molecule has 0 N–H and O–H groups in total. The van der Waals surface area contributed by atoms with Crippen LogP contribution in [0.1, 0.15) is 47.0 Å². The summed E-state index contributed by atoms with van der Waals surface area (Å²) in [4.78, 5) is 0. The van der Waals surface area contributed by atoms with Gasteiger partial charge in [-0.25, -0.2) is 12.7 Å². The van der Waals surface area contributed by atoms with E-state index in [1.807, 2.05) is 6.07 Å². The van der Waals surface area contributed by atoms with Gasteiger partial charge in [-0.3, -0.25) is 0 Å². The van der Waals surface area contributed by atoms with Crippen molar-refractivity contribution in [2.75, 3.05) is 13.1 Å². The third kappa shape index (κ3) is 3.46. The maximum absolute atomic E-state index is 12.1. The molecule has 0 radical (unpaired) electrons. The molecule has 0 amide bonds. The molecule has 0 aliphatic carbocycles. The summed E-state index contributed by atoms with van der Waals surface area (Å²) in [5.41, 5.74) is 0.223. The highest BCUT2D eigenvalue weighted by Gasteiger charge is 2.33. The Labute approximate surface area is 111 Å². The van der Waals surface area contributed by atoms with Crippen LogP contribution in [0, 0.1) is 22.7 Å². The molecule has 0 spiro atoms. The van der Waals surface area contributed by atoms with E-state index in [0.29, 0.717) is 19.0 Å². The van der Waals surface area contributed by atoms with E-state index in [9.17, 15) is 8.42 Å². The molecule has 18 heavy (non-hydrogen) atoms. The largest absolute Gasteiger partial charge is 0.230 e. The Hall–Kier alpha value is -0.600. The summed E-state index contributed by atoms with van der Waals surface area (Å²) in [5, 5.41) is 7.86. The minimum Gasteiger partial charge on any atom is -0.211 e. The highest BCUT2D eigenvalue weighted by Crippen LogP contribution is 2.34. The zero-order valence-corrected chi connectivity index (χ0v) is 12.6. The topological polar surface area (TPSA) is 61.2 Å².